The van der Waals surface area contributed by atoms with Gasteiger partial charge in [-0.25, -0.2) is 0 Å². The zero-order chi connectivity index (χ0) is 7.84. The second kappa shape index (κ2) is 2.57. The average molecular weight is 157 g/mol. The molecular weight excluding hydrogens is 146 g/mol. The number of hydrogen-bond acceptors (Lipinski definition) is 4. The molecule has 0 aromatic carbocycles. The number of allylic oxidation sites excluding steroid dienone is 1. The molecule has 0 aromatic rings. The van der Waals surface area contributed by atoms with Crippen LogP contribution in [-0.4, -0.2) is 29.9 Å². The molecule has 0 radical (unpaired) electrons. The van der Waals surface area contributed by atoms with Gasteiger partial charge in [0.1, 0.15) is 6.10 Å². The van der Waals surface area contributed by atoms with Crippen LogP contribution in [0.2, 0.25) is 0 Å². The molecule has 1 aliphatic heterocycles. The summed E-state index contributed by atoms with van der Waals surface area (Å²) in [6, 6.07) is 0. The van der Waals surface area contributed by atoms with E-state index in [9.17, 15) is 0 Å². The largest absolute Gasteiger partial charge is 0.361 e. The van der Waals surface area contributed by atoms with Gasteiger partial charge in [0.2, 0.25) is 0 Å². The maximum absolute atomic E-state index is 9.15. The lowest BCUT2D eigenvalue weighted by molar-refractivity contribution is -0.369. The molecule has 62 valence electrons. The maximum atomic E-state index is 9.15. The van der Waals surface area contributed by atoms with Crippen molar-refractivity contribution < 1.29 is 14.8 Å². The summed E-state index contributed by atoms with van der Waals surface area (Å²) in [5, 5.41) is 9.95. The third kappa shape index (κ3) is 0.990. The number of hydroxylamine groups is 2. The molecule has 2 aliphatic rings. The van der Waals surface area contributed by atoms with Crippen LogP contribution in [0.1, 0.15) is 6.42 Å². The van der Waals surface area contributed by atoms with Gasteiger partial charge in [-0.1, -0.05) is 12.2 Å². The van der Waals surface area contributed by atoms with Crippen molar-refractivity contribution in [2.24, 2.45) is 5.92 Å². The quantitative estimate of drug-likeness (QED) is 0.564. The summed E-state index contributed by atoms with van der Waals surface area (Å²) in [5.41, 5.74) is 0. The van der Waals surface area contributed by atoms with Crippen LogP contribution in [0.3, 0.4) is 0 Å². The Morgan fingerprint density at radius 1 is 1.73 bits per heavy atom. The fourth-order valence-corrected chi connectivity index (χ4v) is 1.65. The molecule has 0 saturated carbocycles. The summed E-state index contributed by atoms with van der Waals surface area (Å²) in [7, 11) is 1.57. The van der Waals surface area contributed by atoms with Crippen molar-refractivity contribution in [2.45, 2.75) is 18.8 Å². The predicted octanol–water partition coefficient (Wildman–Crippen LogP) is 0.540. The molecule has 4 heteroatoms. The molecule has 1 fully saturated rings. The summed E-state index contributed by atoms with van der Waals surface area (Å²) in [5.74, 6) is 0.255. The van der Waals surface area contributed by atoms with Crippen molar-refractivity contribution in [3.8, 4) is 0 Å². The highest BCUT2D eigenvalue weighted by Gasteiger charge is 2.43. The Hall–Kier alpha value is -0.420. The van der Waals surface area contributed by atoms with E-state index in [2.05, 4.69) is 0 Å². The molecule has 11 heavy (non-hydrogen) atoms. The van der Waals surface area contributed by atoms with Gasteiger partial charge < -0.3 is 4.74 Å². The van der Waals surface area contributed by atoms with Crippen molar-refractivity contribution in [1.82, 2.24) is 5.23 Å². The first-order chi connectivity index (χ1) is 5.33. The number of rotatable bonds is 1. The molecule has 0 spiro atoms. The minimum Gasteiger partial charge on any atom is -0.361 e. The first kappa shape index (κ1) is 7.24. The van der Waals surface area contributed by atoms with Crippen molar-refractivity contribution in [3.05, 3.63) is 12.2 Å². The third-order valence-electron chi connectivity index (χ3n) is 2.21. The highest BCUT2D eigenvalue weighted by atomic mass is 16.9. The van der Waals surface area contributed by atoms with Gasteiger partial charge in [-0.2, -0.15) is 0 Å². The van der Waals surface area contributed by atoms with Crippen LogP contribution in [0.15, 0.2) is 12.2 Å². The van der Waals surface area contributed by atoms with Crippen LogP contribution >= 0.6 is 0 Å². The molecular formula is C7H11NO3. The van der Waals surface area contributed by atoms with Crippen molar-refractivity contribution in [2.75, 3.05) is 7.11 Å². The topological polar surface area (TPSA) is 41.9 Å². The fraction of sp³-hybridized carbons (Fsp3) is 0.714. The third-order valence-corrected chi connectivity index (χ3v) is 2.21. The van der Waals surface area contributed by atoms with Gasteiger partial charge in [-0.05, 0) is 11.6 Å². The Bertz CT molecular complexity index is 183. The number of ether oxygens (including phenoxy) is 1. The number of nitrogens with zero attached hydrogens (tertiary/aromatic N) is 1. The highest BCUT2D eigenvalue weighted by molar-refractivity contribution is 5.06. The molecule has 1 N–H and O–H groups in total. The Kier molecular flexibility index (Phi) is 1.69. The van der Waals surface area contributed by atoms with Gasteiger partial charge >= 0.3 is 0 Å². The first-order valence-corrected chi connectivity index (χ1v) is 3.67. The summed E-state index contributed by atoms with van der Waals surface area (Å²) in [6.07, 6.45) is 4.61. The lowest BCUT2D eigenvalue weighted by atomic mass is 10.0. The second-order valence-corrected chi connectivity index (χ2v) is 2.83. The Labute approximate surface area is 64.9 Å². The van der Waals surface area contributed by atoms with Crippen LogP contribution in [0.4, 0.5) is 0 Å². The standard InChI is InChI=1S/C7H11NO3/c1-10-7-5-3-2-4-6(5)11-8(7)9/h2,4-7,9H,3H2,1H3. The maximum Gasteiger partial charge on any atom is 0.165 e. The fourth-order valence-electron chi connectivity index (χ4n) is 1.65. The van der Waals surface area contributed by atoms with E-state index in [1.165, 1.54) is 0 Å². The van der Waals surface area contributed by atoms with Gasteiger partial charge in [0.25, 0.3) is 0 Å². The Morgan fingerprint density at radius 2 is 2.55 bits per heavy atom. The minimum absolute atomic E-state index is 0.00458. The summed E-state index contributed by atoms with van der Waals surface area (Å²) < 4.78 is 5.05. The second-order valence-electron chi connectivity index (χ2n) is 2.83. The SMILES string of the molecule is COC1C2CC=CC2ON1O. The zero-order valence-corrected chi connectivity index (χ0v) is 6.30. The molecule has 1 heterocycles. The number of fused-ring (bicyclic) bond motifs is 1. The van der Waals surface area contributed by atoms with E-state index >= 15 is 0 Å². The summed E-state index contributed by atoms with van der Waals surface area (Å²) in [4.78, 5) is 5.07. The predicted molar refractivity (Wildman–Crippen MR) is 36.5 cm³/mol. The van der Waals surface area contributed by atoms with Gasteiger partial charge in [0, 0.05) is 13.0 Å². The minimum atomic E-state index is -0.310. The summed E-state index contributed by atoms with van der Waals surface area (Å²) in [6.45, 7) is 0. The molecule has 4 nitrogen and oxygen atoms in total. The van der Waals surface area contributed by atoms with E-state index in [0.717, 1.165) is 11.6 Å². The lowest BCUT2D eigenvalue weighted by Crippen LogP contribution is -2.30. The van der Waals surface area contributed by atoms with E-state index in [-0.39, 0.29) is 18.2 Å². The number of methoxy groups -OCH3 is 1. The van der Waals surface area contributed by atoms with Gasteiger partial charge in [0.15, 0.2) is 6.23 Å². The van der Waals surface area contributed by atoms with Crippen molar-refractivity contribution in [1.29, 1.82) is 0 Å². The van der Waals surface area contributed by atoms with Gasteiger partial charge in [-0.15, -0.1) is 0 Å². The van der Waals surface area contributed by atoms with Crippen LogP contribution in [0.5, 0.6) is 0 Å². The van der Waals surface area contributed by atoms with E-state index in [0.29, 0.717) is 0 Å². The van der Waals surface area contributed by atoms with Gasteiger partial charge in [-0.3, -0.25) is 10.0 Å². The summed E-state index contributed by atoms with van der Waals surface area (Å²) >= 11 is 0. The van der Waals surface area contributed by atoms with E-state index < -0.39 is 0 Å². The Balaban J connectivity index is 2.11. The van der Waals surface area contributed by atoms with Crippen LogP contribution in [0, 0.1) is 5.92 Å². The zero-order valence-electron chi connectivity index (χ0n) is 6.30. The highest BCUT2D eigenvalue weighted by Crippen LogP contribution is 2.34. The van der Waals surface area contributed by atoms with E-state index in [4.69, 9.17) is 14.8 Å². The normalized spacial score (nSPS) is 43.3. The van der Waals surface area contributed by atoms with Crippen molar-refractivity contribution in [3.63, 3.8) is 0 Å². The smallest absolute Gasteiger partial charge is 0.165 e. The van der Waals surface area contributed by atoms with E-state index in [1.807, 2.05) is 12.2 Å². The molecule has 3 atom stereocenters. The average Bonchev–Trinajstić information content (AvgIpc) is 2.46. The number of hydrogen-bond donors (Lipinski definition) is 1. The van der Waals surface area contributed by atoms with Crippen LogP contribution < -0.4 is 0 Å². The van der Waals surface area contributed by atoms with Crippen LogP contribution in [0.25, 0.3) is 0 Å². The molecule has 0 aromatic heterocycles. The monoisotopic (exact) mass is 157 g/mol. The molecule has 0 amide bonds. The molecule has 1 aliphatic carbocycles. The van der Waals surface area contributed by atoms with Crippen LogP contribution in [-0.2, 0) is 9.57 Å². The Morgan fingerprint density at radius 3 is 3.27 bits per heavy atom. The molecule has 1 saturated heterocycles. The molecule has 2 rings (SSSR count). The first-order valence-electron chi connectivity index (χ1n) is 3.67. The lowest BCUT2D eigenvalue weighted by Gasteiger charge is -2.16. The van der Waals surface area contributed by atoms with Crippen molar-refractivity contribution >= 4 is 0 Å². The van der Waals surface area contributed by atoms with E-state index in [1.54, 1.807) is 7.11 Å². The molecule has 3 unspecified atom stereocenters. The van der Waals surface area contributed by atoms with Gasteiger partial charge in [0.05, 0.1) is 0 Å². The molecule has 0 bridgehead atoms.